The largest absolute Gasteiger partial charge is 0.497 e. The number of amides is 1. The van der Waals surface area contributed by atoms with Gasteiger partial charge < -0.3 is 10.1 Å². The fourth-order valence-electron chi connectivity index (χ4n) is 3.21. The van der Waals surface area contributed by atoms with Crippen LogP contribution in [0.2, 0.25) is 0 Å². The van der Waals surface area contributed by atoms with Crippen LogP contribution in [0.1, 0.15) is 22.1 Å². The van der Waals surface area contributed by atoms with Crippen molar-refractivity contribution in [2.75, 3.05) is 13.7 Å². The van der Waals surface area contributed by atoms with Crippen molar-refractivity contribution in [3.8, 4) is 17.1 Å². The topological polar surface area (TPSA) is 79.9 Å². The molecule has 0 aliphatic rings. The molecule has 0 aliphatic carbocycles. The number of carbonyl (C=O) groups is 1. The Hall–Kier alpha value is -3.10. The summed E-state index contributed by atoms with van der Waals surface area (Å²) in [4.78, 5) is 18.4. The van der Waals surface area contributed by atoms with Crippen LogP contribution in [0.15, 0.2) is 77.3 Å². The Balaban J connectivity index is 1.38. The van der Waals surface area contributed by atoms with Crippen LogP contribution >= 0.6 is 23.1 Å². The molecule has 32 heavy (non-hydrogen) atoms. The van der Waals surface area contributed by atoms with Crippen molar-refractivity contribution in [2.24, 2.45) is 0 Å². The minimum atomic E-state index is -0.0498. The third-order valence-corrected chi connectivity index (χ3v) is 7.12. The van der Waals surface area contributed by atoms with Gasteiger partial charge >= 0.3 is 0 Å². The summed E-state index contributed by atoms with van der Waals surface area (Å²) >= 11 is 3.14. The van der Waals surface area contributed by atoms with E-state index in [0.717, 1.165) is 22.6 Å². The Morgan fingerprint density at radius 2 is 1.94 bits per heavy atom. The molecular formula is C24H24N4O2S2. The van der Waals surface area contributed by atoms with Crippen molar-refractivity contribution in [1.82, 2.24) is 20.5 Å². The summed E-state index contributed by atoms with van der Waals surface area (Å²) < 4.78 is 5.21. The Kier molecular flexibility index (Phi) is 7.58. The van der Waals surface area contributed by atoms with Crippen LogP contribution in [-0.2, 0) is 11.2 Å². The average Bonchev–Trinajstić information content (AvgIpc) is 3.52. The number of hydrogen-bond acceptors (Lipinski definition) is 6. The predicted octanol–water partition coefficient (Wildman–Crippen LogP) is 5.12. The van der Waals surface area contributed by atoms with E-state index in [-0.39, 0.29) is 11.2 Å². The number of rotatable bonds is 10. The third-order valence-electron chi connectivity index (χ3n) is 4.89. The number of nitrogens with zero attached hydrogens (tertiary/aromatic N) is 2. The molecule has 0 saturated carbocycles. The van der Waals surface area contributed by atoms with Gasteiger partial charge in [0.05, 0.1) is 12.4 Å². The maximum atomic E-state index is 12.6. The molecule has 0 saturated heterocycles. The second-order valence-corrected chi connectivity index (χ2v) is 9.26. The summed E-state index contributed by atoms with van der Waals surface area (Å²) in [5.41, 5.74) is 2.14. The first-order chi connectivity index (χ1) is 15.7. The molecule has 0 spiro atoms. The lowest BCUT2D eigenvalue weighted by molar-refractivity contribution is -0.121. The van der Waals surface area contributed by atoms with Crippen molar-refractivity contribution >= 4 is 29.0 Å². The standard InChI is InChI=1S/C24H24N4O2S2/c1-30-19-11-9-18(10-12-19)23-26-24(28-27-23)32-21(20-8-5-15-31-20)16-22(29)25-14-13-17-6-3-2-4-7-17/h2-12,15,21H,13-14,16H2,1H3,(H,25,29)(H,26,27,28)/t21-/m0/s1. The van der Waals surface area contributed by atoms with E-state index in [9.17, 15) is 4.79 Å². The van der Waals surface area contributed by atoms with Crippen LogP contribution in [0.3, 0.4) is 0 Å². The van der Waals surface area contributed by atoms with Crippen molar-refractivity contribution < 1.29 is 9.53 Å². The van der Waals surface area contributed by atoms with E-state index >= 15 is 0 Å². The van der Waals surface area contributed by atoms with E-state index in [0.29, 0.717) is 23.9 Å². The number of nitrogens with one attached hydrogen (secondary N) is 2. The predicted molar refractivity (Wildman–Crippen MR) is 129 cm³/mol. The molecule has 8 heteroatoms. The van der Waals surface area contributed by atoms with E-state index in [2.05, 4.69) is 38.7 Å². The molecule has 0 bridgehead atoms. The van der Waals surface area contributed by atoms with Gasteiger partial charge in [0.15, 0.2) is 5.82 Å². The SMILES string of the molecule is COc1ccc(-c2nc(S[C@@H](CC(=O)NCCc3ccccc3)c3cccs3)n[nH]2)cc1. The molecule has 4 aromatic rings. The molecule has 1 atom stereocenters. The fourth-order valence-corrected chi connectivity index (χ4v) is 5.15. The first kappa shape index (κ1) is 22.1. The maximum Gasteiger partial charge on any atom is 0.221 e. The Morgan fingerprint density at radius 3 is 2.66 bits per heavy atom. The van der Waals surface area contributed by atoms with Gasteiger partial charge in [0, 0.05) is 23.4 Å². The van der Waals surface area contributed by atoms with E-state index in [1.54, 1.807) is 18.4 Å². The van der Waals surface area contributed by atoms with Crippen LogP contribution in [-0.4, -0.2) is 34.7 Å². The van der Waals surface area contributed by atoms with E-state index in [4.69, 9.17) is 4.74 Å². The normalized spacial score (nSPS) is 11.8. The minimum Gasteiger partial charge on any atom is -0.497 e. The summed E-state index contributed by atoms with van der Waals surface area (Å²) in [5, 5.41) is 13.0. The molecule has 6 nitrogen and oxygen atoms in total. The molecule has 1 amide bonds. The molecule has 164 valence electrons. The van der Waals surface area contributed by atoms with Crippen LogP contribution in [0, 0.1) is 0 Å². The third kappa shape index (κ3) is 5.99. The van der Waals surface area contributed by atoms with Gasteiger partial charge in [-0.25, -0.2) is 4.98 Å². The van der Waals surface area contributed by atoms with Crippen molar-refractivity contribution in [3.05, 3.63) is 82.6 Å². The second-order valence-electron chi connectivity index (χ2n) is 7.11. The summed E-state index contributed by atoms with van der Waals surface area (Å²) in [6.45, 7) is 0.618. The lowest BCUT2D eigenvalue weighted by Crippen LogP contribution is -2.26. The van der Waals surface area contributed by atoms with Gasteiger partial charge in [0.25, 0.3) is 0 Å². The number of hydrogen-bond donors (Lipinski definition) is 2. The van der Waals surface area contributed by atoms with Crippen LogP contribution < -0.4 is 10.1 Å². The van der Waals surface area contributed by atoms with Gasteiger partial charge in [-0.2, -0.15) is 0 Å². The highest BCUT2D eigenvalue weighted by Crippen LogP contribution is 2.38. The molecule has 0 aliphatic heterocycles. The molecule has 0 unspecified atom stereocenters. The summed E-state index contributed by atoms with van der Waals surface area (Å²) in [6.07, 6.45) is 1.18. The van der Waals surface area contributed by atoms with Crippen LogP contribution in [0.5, 0.6) is 5.75 Å². The number of thioether (sulfide) groups is 1. The van der Waals surface area contributed by atoms with E-state index in [1.165, 1.54) is 17.3 Å². The summed E-state index contributed by atoms with van der Waals surface area (Å²) in [7, 11) is 1.64. The summed E-state index contributed by atoms with van der Waals surface area (Å²) in [6, 6.07) is 21.9. The van der Waals surface area contributed by atoms with E-state index < -0.39 is 0 Å². The number of H-pyrrole nitrogens is 1. The number of thiophene rings is 1. The first-order valence-corrected chi connectivity index (χ1v) is 12.0. The number of benzene rings is 2. The number of carbonyl (C=O) groups excluding carboxylic acids is 1. The molecule has 2 heterocycles. The second kappa shape index (κ2) is 11.0. The molecular weight excluding hydrogens is 440 g/mol. The van der Waals surface area contributed by atoms with Gasteiger partial charge in [-0.05, 0) is 47.7 Å². The molecule has 0 fully saturated rings. The molecule has 2 N–H and O–H groups in total. The Morgan fingerprint density at radius 1 is 1.12 bits per heavy atom. The zero-order valence-corrected chi connectivity index (χ0v) is 19.3. The molecule has 2 aromatic carbocycles. The van der Waals surface area contributed by atoms with Crippen LogP contribution in [0.25, 0.3) is 11.4 Å². The smallest absolute Gasteiger partial charge is 0.221 e. The average molecular weight is 465 g/mol. The molecule has 4 rings (SSSR count). The first-order valence-electron chi connectivity index (χ1n) is 10.3. The maximum absolute atomic E-state index is 12.6. The van der Waals surface area contributed by atoms with Crippen molar-refractivity contribution in [1.29, 1.82) is 0 Å². The van der Waals surface area contributed by atoms with Gasteiger partial charge in [-0.1, -0.05) is 48.2 Å². The zero-order chi connectivity index (χ0) is 22.2. The highest BCUT2D eigenvalue weighted by molar-refractivity contribution is 7.99. The fraction of sp³-hybridized carbons (Fsp3) is 0.208. The van der Waals surface area contributed by atoms with Gasteiger partial charge in [-0.15, -0.1) is 16.4 Å². The van der Waals surface area contributed by atoms with Gasteiger partial charge in [0.2, 0.25) is 11.1 Å². The minimum absolute atomic E-state index is 0.0257. The van der Waals surface area contributed by atoms with E-state index in [1.807, 2.05) is 53.9 Å². The monoisotopic (exact) mass is 464 g/mol. The number of methoxy groups -OCH3 is 1. The highest BCUT2D eigenvalue weighted by Gasteiger charge is 2.21. The molecule has 0 radical (unpaired) electrons. The number of aromatic amines is 1. The Labute approximate surface area is 195 Å². The van der Waals surface area contributed by atoms with Gasteiger partial charge in [0.1, 0.15) is 5.75 Å². The quantitative estimate of drug-likeness (QED) is 0.318. The van der Waals surface area contributed by atoms with Gasteiger partial charge in [-0.3, -0.25) is 9.89 Å². The van der Waals surface area contributed by atoms with Crippen molar-refractivity contribution in [2.45, 2.75) is 23.2 Å². The lowest BCUT2D eigenvalue weighted by atomic mass is 10.1. The highest BCUT2D eigenvalue weighted by atomic mass is 32.2. The van der Waals surface area contributed by atoms with Crippen LogP contribution in [0.4, 0.5) is 0 Å². The van der Waals surface area contributed by atoms with Crippen molar-refractivity contribution in [3.63, 3.8) is 0 Å². The number of ether oxygens (including phenoxy) is 1. The molecule has 2 aromatic heterocycles. The Bertz CT molecular complexity index is 1110. The zero-order valence-electron chi connectivity index (χ0n) is 17.7. The lowest BCUT2D eigenvalue weighted by Gasteiger charge is -2.13. The number of aromatic nitrogens is 3. The summed E-state index contributed by atoms with van der Waals surface area (Å²) in [5.74, 6) is 1.50.